The molecule has 0 aromatic rings. The van der Waals surface area contributed by atoms with Gasteiger partial charge in [-0.15, -0.1) is 0 Å². The van der Waals surface area contributed by atoms with E-state index in [4.69, 9.17) is 4.74 Å². The lowest BCUT2D eigenvalue weighted by molar-refractivity contribution is -0.149. The predicted octanol–water partition coefficient (Wildman–Crippen LogP) is 3.67. The molecule has 0 saturated heterocycles. The first-order valence-electron chi connectivity index (χ1n) is 8.43. The van der Waals surface area contributed by atoms with Gasteiger partial charge in [-0.3, -0.25) is 4.79 Å². The molecule has 0 bridgehead atoms. The van der Waals surface area contributed by atoms with Crippen LogP contribution in [0.5, 0.6) is 0 Å². The Bertz CT molecular complexity index is 327. The van der Waals surface area contributed by atoms with E-state index in [1.165, 1.54) is 32.1 Å². The molecule has 116 valence electrons. The summed E-state index contributed by atoms with van der Waals surface area (Å²) in [6.07, 6.45) is 9.59. The topological polar surface area (TPSA) is 38.3 Å². The number of rotatable bonds is 4. The van der Waals surface area contributed by atoms with Gasteiger partial charge in [0.25, 0.3) is 0 Å². The fourth-order valence-electron chi connectivity index (χ4n) is 3.99. The first kappa shape index (κ1) is 15.8. The van der Waals surface area contributed by atoms with Crippen molar-refractivity contribution in [3.05, 3.63) is 0 Å². The summed E-state index contributed by atoms with van der Waals surface area (Å²) in [6, 6.07) is 1.15. The third kappa shape index (κ3) is 4.47. The number of carbonyl (C=O) groups is 1. The largest absolute Gasteiger partial charge is 0.466 e. The molecule has 3 nitrogen and oxygen atoms in total. The predicted molar refractivity (Wildman–Crippen MR) is 81.6 cm³/mol. The van der Waals surface area contributed by atoms with Gasteiger partial charge in [0.1, 0.15) is 0 Å². The lowest BCUT2D eigenvalue weighted by atomic mass is 9.74. The summed E-state index contributed by atoms with van der Waals surface area (Å²) in [4.78, 5) is 11.9. The second-order valence-electron chi connectivity index (χ2n) is 7.44. The second kappa shape index (κ2) is 6.93. The molecule has 3 unspecified atom stereocenters. The third-order valence-corrected chi connectivity index (χ3v) is 4.97. The maximum Gasteiger partial charge on any atom is 0.308 e. The molecule has 1 N–H and O–H groups in total. The van der Waals surface area contributed by atoms with Crippen LogP contribution in [0.4, 0.5) is 0 Å². The highest BCUT2D eigenvalue weighted by atomic mass is 16.5. The number of esters is 1. The Morgan fingerprint density at radius 2 is 1.95 bits per heavy atom. The van der Waals surface area contributed by atoms with E-state index in [0.717, 1.165) is 19.3 Å². The van der Waals surface area contributed by atoms with E-state index < -0.39 is 0 Å². The molecular weight excluding hydrogens is 250 g/mol. The Hall–Kier alpha value is -0.570. The van der Waals surface area contributed by atoms with Gasteiger partial charge in [0.2, 0.25) is 0 Å². The maximum absolute atomic E-state index is 11.9. The van der Waals surface area contributed by atoms with Crippen LogP contribution in [0.1, 0.15) is 72.1 Å². The van der Waals surface area contributed by atoms with E-state index in [1.807, 2.05) is 6.92 Å². The zero-order valence-corrected chi connectivity index (χ0v) is 13.4. The summed E-state index contributed by atoms with van der Waals surface area (Å²) in [6.45, 7) is 7.15. The highest BCUT2D eigenvalue weighted by Crippen LogP contribution is 2.36. The van der Waals surface area contributed by atoms with Crippen LogP contribution in [-0.2, 0) is 9.53 Å². The third-order valence-electron chi connectivity index (χ3n) is 4.97. The molecule has 0 radical (unpaired) electrons. The van der Waals surface area contributed by atoms with Crippen LogP contribution in [0.2, 0.25) is 0 Å². The van der Waals surface area contributed by atoms with E-state index >= 15 is 0 Å². The summed E-state index contributed by atoms with van der Waals surface area (Å²) in [7, 11) is 0. The lowest BCUT2D eigenvalue weighted by Gasteiger charge is -2.39. The number of carbonyl (C=O) groups excluding carboxylic acids is 1. The summed E-state index contributed by atoms with van der Waals surface area (Å²) >= 11 is 0. The molecule has 2 rings (SSSR count). The van der Waals surface area contributed by atoms with Crippen LogP contribution in [0.3, 0.4) is 0 Å². The Balaban J connectivity index is 1.82. The van der Waals surface area contributed by atoms with Crippen LogP contribution in [0, 0.1) is 11.3 Å². The van der Waals surface area contributed by atoms with Gasteiger partial charge in [0.15, 0.2) is 0 Å². The highest BCUT2D eigenvalue weighted by Gasteiger charge is 2.32. The average Bonchev–Trinajstić information content (AvgIpc) is 2.38. The van der Waals surface area contributed by atoms with Crippen LogP contribution in [0.15, 0.2) is 0 Å². The maximum atomic E-state index is 11.9. The minimum atomic E-state index is 0.0166. The van der Waals surface area contributed by atoms with Gasteiger partial charge in [0.05, 0.1) is 12.5 Å². The fourth-order valence-corrected chi connectivity index (χ4v) is 3.99. The molecule has 20 heavy (non-hydrogen) atoms. The minimum absolute atomic E-state index is 0.0166. The molecule has 0 heterocycles. The van der Waals surface area contributed by atoms with E-state index in [1.54, 1.807) is 0 Å². The quantitative estimate of drug-likeness (QED) is 0.799. The van der Waals surface area contributed by atoms with Crippen LogP contribution >= 0.6 is 0 Å². The standard InChI is InChI=1S/C17H31NO2/c1-4-20-16(19)13-7-5-8-14(11-13)18-15-9-6-10-17(2,3)12-15/h13-15,18H,4-12H2,1-3H3. The first-order valence-corrected chi connectivity index (χ1v) is 8.43. The van der Waals surface area contributed by atoms with Crippen molar-refractivity contribution in [1.29, 1.82) is 0 Å². The Kier molecular flexibility index (Phi) is 5.48. The van der Waals surface area contributed by atoms with Gasteiger partial charge in [-0.2, -0.15) is 0 Å². The van der Waals surface area contributed by atoms with Crippen LogP contribution in [-0.4, -0.2) is 24.7 Å². The minimum Gasteiger partial charge on any atom is -0.466 e. The number of ether oxygens (including phenoxy) is 1. The second-order valence-corrected chi connectivity index (χ2v) is 7.44. The van der Waals surface area contributed by atoms with Gasteiger partial charge in [-0.1, -0.05) is 26.7 Å². The van der Waals surface area contributed by atoms with E-state index in [-0.39, 0.29) is 11.9 Å². The van der Waals surface area contributed by atoms with Gasteiger partial charge >= 0.3 is 5.97 Å². The number of nitrogens with one attached hydrogen (secondary N) is 1. The zero-order valence-electron chi connectivity index (χ0n) is 13.4. The molecule has 0 aliphatic heterocycles. The van der Waals surface area contributed by atoms with Crippen LogP contribution in [0.25, 0.3) is 0 Å². The lowest BCUT2D eigenvalue weighted by Crippen LogP contribution is -2.45. The Morgan fingerprint density at radius 1 is 1.20 bits per heavy atom. The number of hydrogen-bond acceptors (Lipinski definition) is 3. The molecule has 0 amide bonds. The monoisotopic (exact) mass is 281 g/mol. The molecule has 0 aromatic carbocycles. The van der Waals surface area contributed by atoms with Crippen molar-refractivity contribution in [1.82, 2.24) is 5.32 Å². The van der Waals surface area contributed by atoms with Crippen molar-refractivity contribution >= 4 is 5.97 Å². The molecule has 2 fully saturated rings. The summed E-state index contributed by atoms with van der Waals surface area (Å²) in [5, 5.41) is 3.83. The van der Waals surface area contributed by atoms with E-state index in [0.29, 0.717) is 24.1 Å². The van der Waals surface area contributed by atoms with E-state index in [9.17, 15) is 4.79 Å². The van der Waals surface area contributed by atoms with Crippen LogP contribution < -0.4 is 5.32 Å². The van der Waals surface area contributed by atoms with Crippen molar-refractivity contribution in [2.45, 2.75) is 84.2 Å². The fraction of sp³-hybridized carbons (Fsp3) is 0.941. The van der Waals surface area contributed by atoms with Crippen molar-refractivity contribution in [3.8, 4) is 0 Å². The molecule has 3 atom stereocenters. The van der Waals surface area contributed by atoms with Crippen molar-refractivity contribution in [2.24, 2.45) is 11.3 Å². The first-order chi connectivity index (χ1) is 9.50. The van der Waals surface area contributed by atoms with Gasteiger partial charge in [-0.05, 0) is 50.9 Å². The van der Waals surface area contributed by atoms with Crippen molar-refractivity contribution < 1.29 is 9.53 Å². The Labute approximate surface area is 123 Å². The Morgan fingerprint density at radius 3 is 2.65 bits per heavy atom. The van der Waals surface area contributed by atoms with Crippen molar-refractivity contribution in [2.75, 3.05) is 6.61 Å². The smallest absolute Gasteiger partial charge is 0.308 e. The molecule has 2 aliphatic carbocycles. The summed E-state index contributed by atoms with van der Waals surface area (Å²) in [5.41, 5.74) is 0.477. The zero-order chi connectivity index (χ0) is 14.6. The normalized spacial score (nSPS) is 33.6. The molecule has 3 heteroatoms. The van der Waals surface area contributed by atoms with Gasteiger partial charge < -0.3 is 10.1 Å². The average molecular weight is 281 g/mol. The molecule has 2 saturated carbocycles. The van der Waals surface area contributed by atoms with Gasteiger partial charge in [0, 0.05) is 12.1 Å². The number of hydrogen-bond donors (Lipinski definition) is 1. The summed E-state index contributed by atoms with van der Waals surface area (Å²) < 4.78 is 5.19. The van der Waals surface area contributed by atoms with Crippen molar-refractivity contribution in [3.63, 3.8) is 0 Å². The molecule has 2 aliphatic rings. The highest BCUT2D eigenvalue weighted by molar-refractivity contribution is 5.72. The van der Waals surface area contributed by atoms with E-state index in [2.05, 4.69) is 19.2 Å². The van der Waals surface area contributed by atoms with Gasteiger partial charge in [-0.25, -0.2) is 0 Å². The molecular formula is C17H31NO2. The SMILES string of the molecule is CCOC(=O)C1CCCC(NC2CCCC(C)(C)C2)C1. The molecule has 0 aromatic heterocycles. The molecule has 0 spiro atoms. The summed E-state index contributed by atoms with van der Waals surface area (Å²) in [5.74, 6) is 0.140.